The van der Waals surface area contributed by atoms with Crippen molar-refractivity contribution in [1.82, 2.24) is 10.2 Å². The van der Waals surface area contributed by atoms with Gasteiger partial charge in [-0.15, -0.1) is 0 Å². The first kappa shape index (κ1) is 15.7. The Morgan fingerprint density at radius 2 is 2.00 bits per heavy atom. The number of piperidine rings is 1. The van der Waals surface area contributed by atoms with Crippen LogP contribution in [0.3, 0.4) is 0 Å². The number of carbonyl (C=O) groups excluding carboxylic acids is 1. The van der Waals surface area contributed by atoms with Gasteiger partial charge in [0.05, 0.1) is 6.61 Å². The summed E-state index contributed by atoms with van der Waals surface area (Å²) in [7, 11) is 0. The van der Waals surface area contributed by atoms with Crippen LogP contribution in [-0.2, 0) is 4.74 Å². The number of likely N-dealkylation sites (tertiary alicyclic amines) is 1. The molecule has 0 aliphatic carbocycles. The van der Waals surface area contributed by atoms with Gasteiger partial charge in [-0.25, -0.2) is 0 Å². The molecule has 6 nitrogen and oxygen atoms in total. The van der Waals surface area contributed by atoms with Gasteiger partial charge in [0.1, 0.15) is 0 Å². The Balaban J connectivity index is 1.24. The third kappa shape index (κ3) is 3.35. The van der Waals surface area contributed by atoms with E-state index in [2.05, 4.69) is 10.2 Å². The van der Waals surface area contributed by atoms with E-state index in [0.29, 0.717) is 29.0 Å². The number of benzene rings is 1. The molecule has 2 fully saturated rings. The third-order valence-corrected chi connectivity index (χ3v) is 5.26. The monoisotopic (exact) mass is 332 g/mol. The number of nitrogens with one attached hydrogen (secondary N) is 1. The molecule has 1 unspecified atom stereocenters. The highest BCUT2D eigenvalue weighted by Gasteiger charge is 2.27. The highest BCUT2D eigenvalue weighted by molar-refractivity contribution is 5.94. The molecule has 3 aliphatic heterocycles. The van der Waals surface area contributed by atoms with Gasteiger partial charge in [0.25, 0.3) is 5.91 Å². The lowest BCUT2D eigenvalue weighted by Gasteiger charge is -2.35. The number of hydrogen-bond donors (Lipinski definition) is 1. The van der Waals surface area contributed by atoms with E-state index >= 15 is 0 Å². The molecule has 2 saturated heterocycles. The molecule has 24 heavy (non-hydrogen) atoms. The van der Waals surface area contributed by atoms with Crippen molar-refractivity contribution in [1.29, 1.82) is 0 Å². The zero-order valence-electron chi connectivity index (χ0n) is 13.8. The number of carbonyl (C=O) groups is 1. The topological polar surface area (TPSA) is 60.0 Å². The maximum atomic E-state index is 12.3. The maximum Gasteiger partial charge on any atom is 0.251 e. The summed E-state index contributed by atoms with van der Waals surface area (Å²) in [4.78, 5) is 14.9. The second-order valence-electron chi connectivity index (χ2n) is 6.77. The average molecular weight is 332 g/mol. The molecule has 0 spiro atoms. The van der Waals surface area contributed by atoms with Crippen molar-refractivity contribution in [3.05, 3.63) is 23.8 Å². The predicted molar refractivity (Wildman–Crippen MR) is 88.4 cm³/mol. The Bertz CT molecular complexity index is 593. The molecule has 0 saturated carbocycles. The van der Waals surface area contributed by atoms with Gasteiger partial charge in [0.15, 0.2) is 11.5 Å². The van der Waals surface area contributed by atoms with Crippen molar-refractivity contribution in [3.63, 3.8) is 0 Å². The quantitative estimate of drug-likeness (QED) is 0.908. The summed E-state index contributed by atoms with van der Waals surface area (Å²) in [6.07, 6.45) is 3.43. The summed E-state index contributed by atoms with van der Waals surface area (Å²) in [6, 6.07) is 5.93. The molecule has 130 valence electrons. The smallest absolute Gasteiger partial charge is 0.251 e. The predicted octanol–water partition coefficient (Wildman–Crippen LogP) is 1.65. The molecule has 0 bridgehead atoms. The van der Waals surface area contributed by atoms with Crippen LogP contribution >= 0.6 is 0 Å². The standard InChI is InChI=1S/C18H24N2O4/c21-18(14-1-2-16-17(9-14)24-12-23-16)19-10-13-3-6-20(7-4-13)15-5-8-22-11-15/h1-2,9,13,15H,3-8,10-12H2,(H,19,21). The minimum absolute atomic E-state index is 0.0417. The van der Waals surface area contributed by atoms with E-state index < -0.39 is 0 Å². The molecule has 3 aliphatic rings. The van der Waals surface area contributed by atoms with Crippen LogP contribution in [0.2, 0.25) is 0 Å². The SMILES string of the molecule is O=C(NCC1CCN(C2CCOC2)CC1)c1ccc2c(c1)OCO2. The van der Waals surface area contributed by atoms with Gasteiger partial charge in [-0.2, -0.15) is 0 Å². The molecular formula is C18H24N2O4. The van der Waals surface area contributed by atoms with Crippen molar-refractivity contribution in [2.75, 3.05) is 39.6 Å². The lowest BCUT2D eigenvalue weighted by Crippen LogP contribution is -2.43. The van der Waals surface area contributed by atoms with Gasteiger partial charge in [0, 0.05) is 24.8 Å². The Hall–Kier alpha value is -1.79. The molecular weight excluding hydrogens is 308 g/mol. The molecule has 1 aromatic rings. The molecule has 3 heterocycles. The number of fused-ring (bicyclic) bond motifs is 1. The van der Waals surface area contributed by atoms with Crippen molar-refractivity contribution < 1.29 is 19.0 Å². The van der Waals surface area contributed by atoms with Crippen LogP contribution < -0.4 is 14.8 Å². The molecule has 1 aromatic carbocycles. The van der Waals surface area contributed by atoms with Gasteiger partial charge in [-0.1, -0.05) is 0 Å². The minimum Gasteiger partial charge on any atom is -0.454 e. The van der Waals surface area contributed by atoms with E-state index in [1.54, 1.807) is 18.2 Å². The van der Waals surface area contributed by atoms with Crippen molar-refractivity contribution in [2.45, 2.75) is 25.3 Å². The van der Waals surface area contributed by atoms with E-state index in [0.717, 1.165) is 52.1 Å². The highest BCUT2D eigenvalue weighted by Crippen LogP contribution is 2.32. The lowest BCUT2D eigenvalue weighted by atomic mass is 9.95. The molecule has 1 atom stereocenters. The van der Waals surface area contributed by atoms with Gasteiger partial charge in [-0.3, -0.25) is 9.69 Å². The van der Waals surface area contributed by atoms with Crippen molar-refractivity contribution in [2.24, 2.45) is 5.92 Å². The summed E-state index contributed by atoms with van der Waals surface area (Å²) < 4.78 is 16.1. The third-order valence-electron chi connectivity index (χ3n) is 5.26. The highest BCUT2D eigenvalue weighted by atomic mass is 16.7. The Morgan fingerprint density at radius 1 is 1.17 bits per heavy atom. The average Bonchev–Trinajstić information content (AvgIpc) is 3.30. The lowest BCUT2D eigenvalue weighted by molar-refractivity contribution is 0.0911. The van der Waals surface area contributed by atoms with Crippen LogP contribution in [0.1, 0.15) is 29.6 Å². The normalized spacial score (nSPS) is 24.2. The van der Waals surface area contributed by atoms with Crippen LogP contribution in [0, 0.1) is 5.92 Å². The summed E-state index contributed by atoms with van der Waals surface area (Å²) in [6.45, 7) is 4.96. The van der Waals surface area contributed by atoms with E-state index in [-0.39, 0.29) is 12.7 Å². The van der Waals surface area contributed by atoms with E-state index in [9.17, 15) is 4.79 Å². The van der Waals surface area contributed by atoms with Crippen molar-refractivity contribution in [3.8, 4) is 11.5 Å². The zero-order chi connectivity index (χ0) is 16.4. The Morgan fingerprint density at radius 3 is 2.79 bits per heavy atom. The number of rotatable bonds is 4. The largest absolute Gasteiger partial charge is 0.454 e. The molecule has 1 N–H and O–H groups in total. The summed E-state index contributed by atoms with van der Waals surface area (Å²) >= 11 is 0. The van der Waals surface area contributed by atoms with Gasteiger partial charge in [-0.05, 0) is 56.5 Å². The van der Waals surface area contributed by atoms with Crippen LogP contribution in [0.25, 0.3) is 0 Å². The second-order valence-corrected chi connectivity index (χ2v) is 6.77. The first-order chi connectivity index (χ1) is 11.8. The fourth-order valence-electron chi connectivity index (χ4n) is 3.71. The molecule has 4 rings (SSSR count). The number of nitrogens with zero attached hydrogens (tertiary/aromatic N) is 1. The van der Waals surface area contributed by atoms with Crippen molar-refractivity contribution >= 4 is 5.91 Å². The number of hydrogen-bond acceptors (Lipinski definition) is 5. The first-order valence-electron chi connectivity index (χ1n) is 8.79. The summed E-state index contributed by atoms with van der Waals surface area (Å²) in [5, 5.41) is 3.07. The van der Waals surface area contributed by atoms with Crippen LogP contribution in [-0.4, -0.2) is 56.5 Å². The molecule has 0 aromatic heterocycles. The molecule has 0 radical (unpaired) electrons. The van der Waals surface area contributed by atoms with Gasteiger partial charge >= 0.3 is 0 Å². The van der Waals surface area contributed by atoms with E-state index in [1.807, 2.05) is 0 Å². The number of ether oxygens (including phenoxy) is 3. The maximum absolute atomic E-state index is 12.3. The summed E-state index contributed by atoms with van der Waals surface area (Å²) in [5.41, 5.74) is 0.625. The van der Waals surface area contributed by atoms with E-state index in [4.69, 9.17) is 14.2 Å². The minimum atomic E-state index is -0.0417. The van der Waals surface area contributed by atoms with Gasteiger partial charge < -0.3 is 19.5 Å². The molecule has 6 heteroatoms. The van der Waals surface area contributed by atoms with Crippen LogP contribution in [0.4, 0.5) is 0 Å². The number of amides is 1. The molecule has 1 amide bonds. The Kier molecular flexibility index (Phi) is 4.58. The fraction of sp³-hybridized carbons (Fsp3) is 0.611. The van der Waals surface area contributed by atoms with Crippen LogP contribution in [0.5, 0.6) is 11.5 Å². The second kappa shape index (κ2) is 6.99. The zero-order valence-corrected chi connectivity index (χ0v) is 13.8. The fourth-order valence-corrected chi connectivity index (χ4v) is 3.71. The van der Waals surface area contributed by atoms with Crippen LogP contribution in [0.15, 0.2) is 18.2 Å². The Labute approximate surface area is 142 Å². The van der Waals surface area contributed by atoms with Gasteiger partial charge in [0.2, 0.25) is 6.79 Å². The summed E-state index contributed by atoms with van der Waals surface area (Å²) in [5.74, 6) is 1.87. The van der Waals surface area contributed by atoms with E-state index in [1.165, 1.54) is 0 Å². The first-order valence-corrected chi connectivity index (χ1v) is 8.79.